The van der Waals surface area contributed by atoms with Gasteiger partial charge in [-0.2, -0.15) is 15.0 Å². The van der Waals surface area contributed by atoms with Gasteiger partial charge in [0.15, 0.2) is 0 Å². The van der Waals surface area contributed by atoms with E-state index in [0.29, 0.717) is 22.7 Å². The van der Waals surface area contributed by atoms with E-state index in [1.807, 2.05) is 24.3 Å². The van der Waals surface area contributed by atoms with Gasteiger partial charge in [-0.25, -0.2) is 4.79 Å². The van der Waals surface area contributed by atoms with E-state index in [-0.39, 0.29) is 0 Å². The molecular formula is C19H13ClN4O2. The van der Waals surface area contributed by atoms with Crippen LogP contribution in [-0.4, -0.2) is 14.8 Å². The van der Waals surface area contributed by atoms with E-state index >= 15 is 0 Å². The Morgan fingerprint density at radius 1 is 1.19 bits per heavy atom. The lowest BCUT2D eigenvalue weighted by atomic mass is 9.77. The molecule has 0 saturated carbocycles. The van der Waals surface area contributed by atoms with Crippen molar-refractivity contribution in [1.29, 1.82) is 5.26 Å². The lowest BCUT2D eigenvalue weighted by molar-refractivity contribution is 0.648. The van der Waals surface area contributed by atoms with Gasteiger partial charge in [-0.3, -0.25) is 9.78 Å². The van der Waals surface area contributed by atoms with Gasteiger partial charge in [-0.05, 0) is 41.7 Å². The highest BCUT2D eigenvalue weighted by molar-refractivity contribution is 6.31. The summed E-state index contributed by atoms with van der Waals surface area (Å²) in [5.74, 6) is 0. The van der Waals surface area contributed by atoms with Crippen molar-refractivity contribution >= 4 is 11.6 Å². The average Bonchev–Trinajstić information content (AvgIpc) is 3.01. The normalized spacial score (nSPS) is 18.3. The number of halogens is 1. The third-order valence-electron chi connectivity index (χ3n) is 4.81. The Kier molecular flexibility index (Phi) is 3.74. The molecule has 0 aliphatic heterocycles. The number of rotatable bonds is 2. The van der Waals surface area contributed by atoms with Crippen molar-refractivity contribution in [2.75, 3.05) is 0 Å². The fraction of sp³-hybridized carbons (Fsp3) is 0.158. The van der Waals surface area contributed by atoms with Gasteiger partial charge in [0, 0.05) is 5.02 Å². The van der Waals surface area contributed by atoms with Crippen molar-refractivity contribution in [2.45, 2.75) is 18.3 Å². The molecule has 0 spiro atoms. The van der Waals surface area contributed by atoms with Gasteiger partial charge >= 0.3 is 5.69 Å². The fourth-order valence-corrected chi connectivity index (χ4v) is 3.92. The highest BCUT2D eigenvalue weighted by Gasteiger charge is 2.41. The van der Waals surface area contributed by atoms with E-state index < -0.39 is 16.7 Å². The zero-order valence-electron chi connectivity index (χ0n) is 13.6. The summed E-state index contributed by atoms with van der Waals surface area (Å²) in [6.45, 7) is 0. The second kappa shape index (κ2) is 5.97. The van der Waals surface area contributed by atoms with Crippen molar-refractivity contribution in [1.82, 2.24) is 14.8 Å². The van der Waals surface area contributed by atoms with Crippen LogP contribution in [0.4, 0.5) is 0 Å². The fourth-order valence-electron chi connectivity index (χ4n) is 3.59. The topological polar surface area (TPSA) is 91.5 Å². The second-order valence-corrected chi connectivity index (χ2v) is 6.60. The Hall–Kier alpha value is -3.17. The number of nitriles is 1. The Bertz CT molecular complexity index is 1170. The van der Waals surface area contributed by atoms with Gasteiger partial charge in [0.1, 0.15) is 11.6 Å². The van der Waals surface area contributed by atoms with Crippen molar-refractivity contribution in [3.8, 4) is 11.8 Å². The molecule has 128 valence electrons. The molecule has 0 fully saturated rings. The van der Waals surface area contributed by atoms with E-state index in [1.54, 1.807) is 18.2 Å². The highest BCUT2D eigenvalue weighted by Crippen LogP contribution is 2.46. The van der Waals surface area contributed by atoms with Gasteiger partial charge in [-0.15, -0.1) is 0 Å². The summed E-state index contributed by atoms with van der Waals surface area (Å²) in [6, 6.07) is 15.3. The van der Waals surface area contributed by atoms with Crippen LogP contribution in [0.3, 0.4) is 0 Å². The zero-order valence-corrected chi connectivity index (χ0v) is 14.3. The van der Waals surface area contributed by atoms with Crippen molar-refractivity contribution in [2.24, 2.45) is 0 Å². The van der Waals surface area contributed by atoms with Crippen LogP contribution in [0.25, 0.3) is 5.69 Å². The van der Waals surface area contributed by atoms with Crippen LogP contribution in [0.5, 0.6) is 0 Å². The summed E-state index contributed by atoms with van der Waals surface area (Å²) in [6.07, 6.45) is 2.48. The number of benzene rings is 2. The SMILES string of the molecule is N#CC1(c2ccc(-n3ncc(=O)[nH]c3=O)cc2Cl)CCc2ccccc21. The van der Waals surface area contributed by atoms with Crippen molar-refractivity contribution in [3.05, 3.63) is 91.2 Å². The maximum Gasteiger partial charge on any atom is 0.349 e. The third-order valence-corrected chi connectivity index (χ3v) is 5.12. The molecular weight excluding hydrogens is 352 g/mol. The lowest BCUT2D eigenvalue weighted by Gasteiger charge is -2.24. The maximum absolute atomic E-state index is 11.9. The Morgan fingerprint density at radius 2 is 2.00 bits per heavy atom. The second-order valence-electron chi connectivity index (χ2n) is 6.19. The van der Waals surface area contributed by atoms with Crippen LogP contribution in [0, 0.1) is 11.3 Å². The van der Waals surface area contributed by atoms with Crippen LogP contribution < -0.4 is 11.2 Å². The molecule has 1 atom stereocenters. The average molecular weight is 365 g/mol. The predicted molar refractivity (Wildman–Crippen MR) is 96.6 cm³/mol. The lowest BCUT2D eigenvalue weighted by Crippen LogP contribution is -2.30. The molecule has 3 aromatic rings. The zero-order chi connectivity index (χ0) is 18.3. The number of aryl methyl sites for hydroxylation is 1. The minimum atomic E-state index is -0.810. The number of nitrogens with one attached hydrogen (secondary N) is 1. The van der Waals surface area contributed by atoms with Crippen LogP contribution in [0.15, 0.2) is 58.3 Å². The molecule has 1 aliphatic carbocycles. The number of hydrogen-bond donors (Lipinski definition) is 1. The third kappa shape index (κ3) is 2.37. The first-order valence-corrected chi connectivity index (χ1v) is 8.42. The minimum Gasteiger partial charge on any atom is -0.271 e. The molecule has 0 radical (unpaired) electrons. The Labute approximate surface area is 153 Å². The molecule has 0 saturated heterocycles. The molecule has 0 bridgehead atoms. The quantitative estimate of drug-likeness (QED) is 0.755. The molecule has 1 aliphatic rings. The summed E-state index contributed by atoms with van der Waals surface area (Å²) >= 11 is 6.51. The van der Waals surface area contributed by atoms with E-state index in [1.165, 1.54) is 0 Å². The van der Waals surface area contributed by atoms with Crippen molar-refractivity contribution < 1.29 is 0 Å². The molecule has 1 unspecified atom stereocenters. The molecule has 7 heteroatoms. The number of aromatic nitrogens is 3. The summed E-state index contributed by atoms with van der Waals surface area (Å²) in [4.78, 5) is 25.3. The Morgan fingerprint density at radius 3 is 2.73 bits per heavy atom. The van der Waals surface area contributed by atoms with Gasteiger partial charge in [-0.1, -0.05) is 41.9 Å². The summed E-state index contributed by atoms with van der Waals surface area (Å²) in [5, 5.41) is 14.2. The number of H-pyrrole nitrogens is 1. The van der Waals surface area contributed by atoms with E-state index in [4.69, 9.17) is 11.6 Å². The van der Waals surface area contributed by atoms with E-state index in [9.17, 15) is 14.9 Å². The molecule has 26 heavy (non-hydrogen) atoms. The number of nitrogens with zero attached hydrogens (tertiary/aromatic N) is 3. The van der Waals surface area contributed by atoms with Crippen LogP contribution in [0.2, 0.25) is 5.02 Å². The molecule has 1 N–H and O–H groups in total. The van der Waals surface area contributed by atoms with Crippen LogP contribution >= 0.6 is 11.6 Å². The van der Waals surface area contributed by atoms with Gasteiger partial charge in [0.2, 0.25) is 0 Å². The number of hydrogen-bond acceptors (Lipinski definition) is 4. The van der Waals surface area contributed by atoms with Crippen LogP contribution in [-0.2, 0) is 11.8 Å². The van der Waals surface area contributed by atoms with Crippen LogP contribution in [0.1, 0.15) is 23.1 Å². The predicted octanol–water partition coefficient (Wildman–Crippen LogP) is 2.33. The summed E-state index contributed by atoms with van der Waals surface area (Å²) in [5.41, 5.74) is 1.20. The number of fused-ring (bicyclic) bond motifs is 1. The monoisotopic (exact) mass is 364 g/mol. The first kappa shape index (κ1) is 16.3. The highest BCUT2D eigenvalue weighted by atomic mass is 35.5. The van der Waals surface area contributed by atoms with Gasteiger partial charge in [0.05, 0.1) is 11.8 Å². The number of aromatic amines is 1. The minimum absolute atomic E-state index is 0.376. The molecule has 4 rings (SSSR count). The first-order chi connectivity index (χ1) is 12.5. The van der Waals surface area contributed by atoms with E-state index in [0.717, 1.165) is 28.4 Å². The standard InChI is InChI=1S/C19H13ClN4O2/c20-16-9-13(24-18(26)23-17(25)10-22-24)5-6-15(16)19(11-21)8-7-12-3-1-2-4-14(12)19/h1-6,9-10H,7-8H2,(H,23,25,26). The van der Waals surface area contributed by atoms with Gasteiger partial charge in [0.25, 0.3) is 5.56 Å². The molecule has 1 heterocycles. The summed E-state index contributed by atoms with van der Waals surface area (Å²) in [7, 11) is 0. The summed E-state index contributed by atoms with van der Waals surface area (Å²) < 4.78 is 1.05. The van der Waals surface area contributed by atoms with E-state index in [2.05, 4.69) is 16.2 Å². The molecule has 2 aromatic carbocycles. The Balaban J connectivity index is 1.86. The first-order valence-electron chi connectivity index (χ1n) is 8.04. The smallest absolute Gasteiger partial charge is 0.271 e. The molecule has 1 aromatic heterocycles. The molecule has 0 amide bonds. The maximum atomic E-state index is 11.9. The van der Waals surface area contributed by atoms with Gasteiger partial charge < -0.3 is 0 Å². The largest absolute Gasteiger partial charge is 0.349 e. The molecule has 6 nitrogen and oxygen atoms in total. The van der Waals surface area contributed by atoms with Crippen molar-refractivity contribution in [3.63, 3.8) is 0 Å².